The third kappa shape index (κ3) is 3.05. The number of carbonyl (C=O) groups excluding carboxylic acids is 2. The van der Waals surface area contributed by atoms with E-state index in [4.69, 9.17) is 0 Å². The highest BCUT2D eigenvalue weighted by atomic mass is 16.4. The summed E-state index contributed by atoms with van der Waals surface area (Å²) in [5, 5.41) is 17.2. The average molecular weight is 370 g/mol. The van der Waals surface area contributed by atoms with Crippen molar-refractivity contribution in [3.05, 3.63) is 29.5 Å². The highest BCUT2D eigenvalue weighted by molar-refractivity contribution is 6.02. The number of imide groups is 1. The number of benzene rings is 1. The van der Waals surface area contributed by atoms with Gasteiger partial charge in [0.1, 0.15) is 0 Å². The zero-order valence-corrected chi connectivity index (χ0v) is 15.1. The van der Waals surface area contributed by atoms with Crippen LogP contribution in [0.2, 0.25) is 0 Å². The monoisotopic (exact) mass is 370 g/mol. The first kappa shape index (κ1) is 17.5. The molecule has 3 amide bonds. The number of nitrogens with one attached hydrogen (secondary N) is 1. The molecule has 0 saturated carbocycles. The number of amides is 3. The smallest absolute Gasteiger partial charge is 0.407 e. The summed E-state index contributed by atoms with van der Waals surface area (Å²) in [6, 6.07) is 5.91. The lowest BCUT2D eigenvalue weighted by Gasteiger charge is -2.31. The van der Waals surface area contributed by atoms with Crippen molar-refractivity contribution in [2.75, 3.05) is 13.1 Å². The molecular weight excluding hydrogens is 348 g/mol. The maximum absolute atomic E-state index is 12.3. The number of hydrogen-bond acceptors (Lipinski definition) is 4. The van der Waals surface area contributed by atoms with Crippen molar-refractivity contribution >= 4 is 28.8 Å². The highest BCUT2D eigenvalue weighted by Gasteiger charge is 2.33. The summed E-state index contributed by atoms with van der Waals surface area (Å²) in [7, 11) is 1.85. The average Bonchev–Trinajstić information content (AvgIpc) is 2.98. The molecule has 2 aromatic rings. The number of likely N-dealkylation sites (tertiary alicyclic amines) is 1. The van der Waals surface area contributed by atoms with Gasteiger partial charge >= 0.3 is 6.09 Å². The van der Waals surface area contributed by atoms with E-state index in [0.717, 1.165) is 29.3 Å². The van der Waals surface area contributed by atoms with Crippen molar-refractivity contribution in [1.82, 2.24) is 20.0 Å². The number of hydrogen-bond donors (Lipinski definition) is 2. The summed E-state index contributed by atoms with van der Waals surface area (Å²) >= 11 is 0. The van der Waals surface area contributed by atoms with Crippen LogP contribution < -0.4 is 5.32 Å². The Kier molecular flexibility index (Phi) is 4.33. The molecule has 8 nitrogen and oxygen atoms in total. The molecular formula is C19H22N4O4. The van der Waals surface area contributed by atoms with Gasteiger partial charge in [0.25, 0.3) is 0 Å². The van der Waals surface area contributed by atoms with Crippen LogP contribution in [-0.4, -0.2) is 50.8 Å². The molecule has 0 aliphatic carbocycles. The van der Waals surface area contributed by atoms with Crippen molar-refractivity contribution in [3.63, 3.8) is 0 Å². The van der Waals surface area contributed by atoms with Crippen LogP contribution in [0.25, 0.3) is 10.9 Å². The van der Waals surface area contributed by atoms with Crippen LogP contribution in [0.5, 0.6) is 0 Å². The number of aromatic nitrogens is 2. The van der Waals surface area contributed by atoms with Crippen LogP contribution in [0, 0.1) is 0 Å². The molecule has 2 saturated heterocycles. The quantitative estimate of drug-likeness (QED) is 0.786. The second-order valence-corrected chi connectivity index (χ2v) is 7.32. The van der Waals surface area contributed by atoms with Crippen LogP contribution in [0.1, 0.15) is 48.8 Å². The molecule has 1 unspecified atom stereocenters. The van der Waals surface area contributed by atoms with E-state index < -0.39 is 12.0 Å². The number of piperidine rings is 2. The Hall–Kier alpha value is -2.90. The maximum atomic E-state index is 12.3. The Morgan fingerprint density at radius 1 is 1.30 bits per heavy atom. The number of para-hydroxylation sites is 1. The van der Waals surface area contributed by atoms with Gasteiger partial charge in [0.2, 0.25) is 11.8 Å². The van der Waals surface area contributed by atoms with E-state index in [1.807, 2.05) is 25.2 Å². The molecule has 1 aromatic carbocycles. The molecule has 0 radical (unpaired) electrons. The van der Waals surface area contributed by atoms with Crippen molar-refractivity contribution in [2.45, 2.75) is 37.5 Å². The number of rotatable bonds is 2. The summed E-state index contributed by atoms with van der Waals surface area (Å²) < 4.78 is 1.78. The van der Waals surface area contributed by atoms with E-state index in [2.05, 4.69) is 10.4 Å². The summed E-state index contributed by atoms with van der Waals surface area (Å²) in [6.07, 6.45) is 1.62. The predicted molar refractivity (Wildman–Crippen MR) is 97.4 cm³/mol. The third-order valence-corrected chi connectivity index (χ3v) is 5.63. The Balaban J connectivity index is 1.74. The van der Waals surface area contributed by atoms with Crippen LogP contribution in [0.3, 0.4) is 0 Å². The summed E-state index contributed by atoms with van der Waals surface area (Å²) in [4.78, 5) is 36.6. The van der Waals surface area contributed by atoms with Crippen molar-refractivity contribution in [1.29, 1.82) is 0 Å². The molecule has 2 N–H and O–H groups in total. The second kappa shape index (κ2) is 6.68. The predicted octanol–water partition coefficient (Wildman–Crippen LogP) is 1.95. The molecule has 4 rings (SSSR count). The zero-order chi connectivity index (χ0) is 19.1. The molecule has 2 fully saturated rings. The van der Waals surface area contributed by atoms with E-state index in [-0.39, 0.29) is 17.7 Å². The van der Waals surface area contributed by atoms with E-state index in [0.29, 0.717) is 31.6 Å². The van der Waals surface area contributed by atoms with E-state index in [1.54, 1.807) is 4.68 Å². The van der Waals surface area contributed by atoms with E-state index in [1.165, 1.54) is 4.90 Å². The van der Waals surface area contributed by atoms with Crippen LogP contribution >= 0.6 is 0 Å². The van der Waals surface area contributed by atoms with Gasteiger partial charge in [-0.25, -0.2) is 4.79 Å². The number of aryl methyl sites for hydroxylation is 1. The third-order valence-electron chi connectivity index (χ3n) is 5.63. The molecule has 8 heteroatoms. The molecule has 0 spiro atoms. The van der Waals surface area contributed by atoms with Crippen LogP contribution in [0.15, 0.2) is 18.2 Å². The normalized spacial score (nSPS) is 23.5. The minimum Gasteiger partial charge on any atom is -0.465 e. The SMILES string of the molecule is Cn1nc(C2CCC(=O)NC2=O)c2cccc([C@@H]3CCCN(C(=O)O)C3)c21. The number of carbonyl (C=O) groups is 3. The summed E-state index contributed by atoms with van der Waals surface area (Å²) in [5.74, 6) is -0.883. The van der Waals surface area contributed by atoms with Gasteiger partial charge in [-0.05, 0) is 24.8 Å². The Morgan fingerprint density at radius 2 is 2.11 bits per heavy atom. The first-order valence-electron chi connectivity index (χ1n) is 9.22. The molecule has 3 heterocycles. The molecule has 1 aromatic heterocycles. The first-order chi connectivity index (χ1) is 13.0. The van der Waals surface area contributed by atoms with Crippen molar-refractivity contribution in [3.8, 4) is 0 Å². The lowest BCUT2D eigenvalue weighted by Crippen LogP contribution is -2.39. The largest absolute Gasteiger partial charge is 0.465 e. The number of nitrogens with zero attached hydrogens (tertiary/aromatic N) is 3. The minimum atomic E-state index is -0.888. The van der Waals surface area contributed by atoms with Gasteiger partial charge in [0.15, 0.2) is 0 Å². The van der Waals surface area contributed by atoms with Gasteiger partial charge in [-0.3, -0.25) is 19.6 Å². The summed E-state index contributed by atoms with van der Waals surface area (Å²) in [6.45, 7) is 1.03. The number of fused-ring (bicyclic) bond motifs is 1. The molecule has 2 atom stereocenters. The topological polar surface area (TPSA) is 105 Å². The number of carboxylic acid groups (broad SMARTS) is 1. The molecule has 27 heavy (non-hydrogen) atoms. The van der Waals surface area contributed by atoms with Crippen LogP contribution in [0.4, 0.5) is 4.79 Å². The standard InChI is InChI=1S/C19H22N4O4/c1-22-17-12(11-4-3-9-23(10-11)19(26)27)5-2-6-13(17)16(21-22)14-7-8-15(24)20-18(14)25/h2,5-6,11,14H,3-4,7-10H2,1H3,(H,26,27)(H,20,24,25)/t11-,14?/m1/s1. The Bertz CT molecular complexity index is 935. The molecule has 2 aliphatic heterocycles. The van der Waals surface area contributed by atoms with Crippen LogP contribution in [-0.2, 0) is 16.6 Å². The molecule has 0 bridgehead atoms. The van der Waals surface area contributed by atoms with E-state index in [9.17, 15) is 19.5 Å². The second-order valence-electron chi connectivity index (χ2n) is 7.32. The van der Waals surface area contributed by atoms with Gasteiger partial charge in [0.05, 0.1) is 17.1 Å². The fourth-order valence-corrected chi connectivity index (χ4v) is 4.34. The maximum Gasteiger partial charge on any atom is 0.407 e. The summed E-state index contributed by atoms with van der Waals surface area (Å²) in [5.41, 5.74) is 2.69. The first-order valence-corrected chi connectivity index (χ1v) is 9.22. The fourth-order valence-electron chi connectivity index (χ4n) is 4.34. The highest BCUT2D eigenvalue weighted by Crippen LogP contribution is 2.36. The molecule has 2 aliphatic rings. The van der Waals surface area contributed by atoms with Gasteiger partial charge in [-0.1, -0.05) is 18.2 Å². The van der Waals surface area contributed by atoms with Gasteiger partial charge < -0.3 is 10.0 Å². The van der Waals surface area contributed by atoms with E-state index >= 15 is 0 Å². The lowest BCUT2D eigenvalue weighted by molar-refractivity contribution is -0.134. The zero-order valence-electron chi connectivity index (χ0n) is 15.1. The fraction of sp³-hybridized carbons (Fsp3) is 0.474. The molecule has 142 valence electrons. The minimum absolute atomic E-state index is 0.101. The van der Waals surface area contributed by atoms with Crippen molar-refractivity contribution < 1.29 is 19.5 Å². The Labute approximate surface area is 156 Å². The lowest BCUT2D eigenvalue weighted by atomic mass is 9.87. The van der Waals surface area contributed by atoms with Crippen molar-refractivity contribution in [2.24, 2.45) is 7.05 Å². The van der Waals surface area contributed by atoms with Gasteiger partial charge in [-0.2, -0.15) is 5.10 Å². The van der Waals surface area contributed by atoms with Gasteiger partial charge in [-0.15, -0.1) is 0 Å². The van der Waals surface area contributed by atoms with Gasteiger partial charge in [0, 0.05) is 37.9 Å². The Morgan fingerprint density at radius 3 is 2.85 bits per heavy atom.